The largest absolute Gasteiger partial charge is 0.398 e. The van der Waals surface area contributed by atoms with E-state index in [1.54, 1.807) is 31.3 Å². The minimum atomic E-state index is -3.61. The summed E-state index contributed by atoms with van der Waals surface area (Å²) in [4.78, 5) is 3.84. The Hall–Kier alpha value is -2.78. The van der Waals surface area contributed by atoms with Crippen molar-refractivity contribution in [1.82, 2.24) is 0 Å². The standard InChI is InChI=1S/C18H20F2N4O2S/c1-23-7-6-17(21)14-10-12(13-2-4-15(19)16(20)11-13)3-5-18(14)24-8-9-27(22,25)26/h2-7,10-11,24H,8-9,21H2,1H3,(H2,22,25,26). The highest BCUT2D eigenvalue weighted by molar-refractivity contribution is 7.89. The van der Waals surface area contributed by atoms with Gasteiger partial charge in [-0.3, -0.25) is 4.99 Å². The molecule has 0 aliphatic rings. The second-order valence-corrected chi connectivity index (χ2v) is 7.45. The highest BCUT2D eigenvalue weighted by atomic mass is 32.2. The van der Waals surface area contributed by atoms with Gasteiger partial charge in [0.25, 0.3) is 0 Å². The first kappa shape index (κ1) is 20.5. The number of nitrogens with zero attached hydrogens (tertiary/aromatic N) is 1. The van der Waals surface area contributed by atoms with Crippen LogP contribution in [0.2, 0.25) is 0 Å². The SMILES string of the molecule is CN=CC=C(N)c1cc(-c2ccc(F)c(F)c2)ccc1NCCS(N)(=O)=O. The lowest BCUT2D eigenvalue weighted by Gasteiger charge is -2.14. The topological polar surface area (TPSA) is 111 Å². The summed E-state index contributed by atoms with van der Waals surface area (Å²) >= 11 is 0. The van der Waals surface area contributed by atoms with Crippen LogP contribution >= 0.6 is 0 Å². The van der Waals surface area contributed by atoms with E-state index in [0.717, 1.165) is 12.1 Å². The molecule has 9 heteroatoms. The van der Waals surface area contributed by atoms with E-state index in [-0.39, 0.29) is 12.3 Å². The molecule has 0 fully saturated rings. The maximum Gasteiger partial charge on any atom is 0.210 e. The van der Waals surface area contributed by atoms with Gasteiger partial charge in [-0.15, -0.1) is 0 Å². The number of halogens is 2. The second kappa shape index (κ2) is 8.74. The number of nitrogens with one attached hydrogen (secondary N) is 1. The summed E-state index contributed by atoms with van der Waals surface area (Å²) in [6.45, 7) is 0.0888. The van der Waals surface area contributed by atoms with Crippen molar-refractivity contribution < 1.29 is 17.2 Å². The van der Waals surface area contributed by atoms with E-state index in [9.17, 15) is 17.2 Å². The zero-order valence-corrected chi connectivity index (χ0v) is 15.4. The Kier molecular flexibility index (Phi) is 6.65. The molecule has 0 atom stereocenters. The number of hydrogen-bond donors (Lipinski definition) is 3. The molecule has 2 rings (SSSR count). The van der Waals surface area contributed by atoms with Gasteiger partial charge in [0.05, 0.1) is 5.75 Å². The van der Waals surface area contributed by atoms with Gasteiger partial charge in [-0.25, -0.2) is 22.3 Å². The van der Waals surface area contributed by atoms with Gasteiger partial charge in [-0.05, 0) is 41.5 Å². The predicted octanol–water partition coefficient (Wildman–Crippen LogP) is 2.33. The van der Waals surface area contributed by atoms with Crippen molar-refractivity contribution in [3.05, 3.63) is 59.7 Å². The van der Waals surface area contributed by atoms with Crippen LogP contribution in [0.5, 0.6) is 0 Å². The number of sulfonamides is 1. The van der Waals surface area contributed by atoms with E-state index in [2.05, 4.69) is 10.3 Å². The van der Waals surface area contributed by atoms with Crippen LogP contribution in [-0.4, -0.2) is 34.0 Å². The maximum atomic E-state index is 13.5. The summed E-state index contributed by atoms with van der Waals surface area (Å²) in [7, 11) is -2.02. The van der Waals surface area contributed by atoms with Gasteiger partial charge in [0.15, 0.2) is 11.6 Å². The summed E-state index contributed by atoms with van der Waals surface area (Å²) in [6, 6.07) is 8.66. The van der Waals surface area contributed by atoms with E-state index in [4.69, 9.17) is 10.9 Å². The lowest BCUT2D eigenvalue weighted by Crippen LogP contribution is -2.22. The fourth-order valence-corrected chi connectivity index (χ4v) is 2.75. The summed E-state index contributed by atoms with van der Waals surface area (Å²) in [5.74, 6) is -2.14. The summed E-state index contributed by atoms with van der Waals surface area (Å²) in [6.07, 6.45) is 3.09. The molecule has 0 radical (unpaired) electrons. The molecule has 0 aromatic heterocycles. The molecule has 144 valence electrons. The van der Waals surface area contributed by atoms with Gasteiger partial charge in [-0.1, -0.05) is 12.1 Å². The summed E-state index contributed by atoms with van der Waals surface area (Å²) in [5, 5.41) is 7.97. The van der Waals surface area contributed by atoms with Crippen molar-refractivity contribution in [1.29, 1.82) is 0 Å². The van der Waals surface area contributed by atoms with E-state index in [1.807, 2.05) is 0 Å². The third-order valence-electron chi connectivity index (χ3n) is 3.69. The molecule has 0 saturated carbocycles. The molecule has 0 unspecified atom stereocenters. The van der Waals surface area contributed by atoms with Crippen LogP contribution in [0.3, 0.4) is 0 Å². The van der Waals surface area contributed by atoms with Gasteiger partial charge in [0.2, 0.25) is 10.0 Å². The zero-order valence-electron chi connectivity index (χ0n) is 14.6. The van der Waals surface area contributed by atoms with Gasteiger partial charge in [-0.2, -0.15) is 0 Å². The van der Waals surface area contributed by atoms with Crippen LogP contribution in [-0.2, 0) is 10.0 Å². The molecule has 0 heterocycles. The fraction of sp³-hybridized carbons (Fsp3) is 0.167. The number of rotatable bonds is 7. The third-order valence-corrected chi connectivity index (χ3v) is 4.46. The Balaban J connectivity index is 2.43. The molecule has 6 nitrogen and oxygen atoms in total. The quantitative estimate of drug-likeness (QED) is 0.626. The predicted molar refractivity (Wildman–Crippen MR) is 105 cm³/mol. The number of primary sulfonamides is 1. The van der Waals surface area contributed by atoms with Crippen LogP contribution in [0.4, 0.5) is 14.5 Å². The molecule has 2 aromatic rings. The van der Waals surface area contributed by atoms with Gasteiger partial charge in [0, 0.05) is 36.8 Å². The Morgan fingerprint density at radius 1 is 1.15 bits per heavy atom. The van der Waals surface area contributed by atoms with Crippen molar-refractivity contribution in [3.8, 4) is 11.1 Å². The monoisotopic (exact) mass is 394 g/mol. The van der Waals surface area contributed by atoms with Crippen molar-refractivity contribution in [3.63, 3.8) is 0 Å². The average molecular weight is 394 g/mol. The minimum Gasteiger partial charge on any atom is -0.398 e. The number of anilines is 1. The molecule has 2 aromatic carbocycles. The first-order chi connectivity index (χ1) is 12.7. The van der Waals surface area contributed by atoms with Crippen LogP contribution in [0, 0.1) is 11.6 Å². The van der Waals surface area contributed by atoms with Crippen LogP contribution in [0.15, 0.2) is 47.5 Å². The molecule has 0 amide bonds. The summed E-state index contributed by atoms with van der Waals surface area (Å²) < 4.78 is 48.9. The van der Waals surface area contributed by atoms with Crippen LogP contribution in [0.25, 0.3) is 16.8 Å². The van der Waals surface area contributed by atoms with Crippen molar-refractivity contribution in [2.75, 3.05) is 24.7 Å². The van der Waals surface area contributed by atoms with E-state index in [1.165, 1.54) is 12.3 Å². The van der Waals surface area contributed by atoms with E-state index < -0.39 is 21.7 Å². The van der Waals surface area contributed by atoms with E-state index in [0.29, 0.717) is 28.1 Å². The van der Waals surface area contributed by atoms with Gasteiger partial charge < -0.3 is 11.1 Å². The number of hydrogen-bond acceptors (Lipinski definition) is 5. The minimum absolute atomic E-state index is 0.0888. The number of allylic oxidation sites excluding steroid dienone is 1. The number of aliphatic imine (C=N–C) groups is 1. The van der Waals surface area contributed by atoms with Gasteiger partial charge >= 0.3 is 0 Å². The lowest BCUT2D eigenvalue weighted by atomic mass is 10.00. The molecule has 0 bridgehead atoms. The molecule has 0 aliphatic heterocycles. The number of benzene rings is 2. The van der Waals surface area contributed by atoms with Gasteiger partial charge in [0.1, 0.15) is 0 Å². The van der Waals surface area contributed by atoms with Crippen molar-refractivity contribution in [2.24, 2.45) is 15.9 Å². The smallest absolute Gasteiger partial charge is 0.210 e. The van der Waals surface area contributed by atoms with Crippen LogP contribution < -0.4 is 16.2 Å². The van der Waals surface area contributed by atoms with Crippen LogP contribution in [0.1, 0.15) is 5.56 Å². The molecule has 5 N–H and O–H groups in total. The lowest BCUT2D eigenvalue weighted by molar-refractivity contribution is 0.509. The first-order valence-corrected chi connectivity index (χ1v) is 9.65. The summed E-state index contributed by atoms with van der Waals surface area (Å²) in [5.41, 5.74) is 8.68. The Morgan fingerprint density at radius 2 is 1.81 bits per heavy atom. The molecular formula is C18H20F2N4O2S. The van der Waals surface area contributed by atoms with E-state index >= 15 is 0 Å². The Bertz CT molecular complexity index is 989. The highest BCUT2D eigenvalue weighted by Gasteiger charge is 2.11. The first-order valence-electron chi connectivity index (χ1n) is 7.93. The number of nitrogens with two attached hydrogens (primary N) is 2. The Labute approximate surface area is 156 Å². The average Bonchev–Trinajstić information content (AvgIpc) is 2.61. The Morgan fingerprint density at radius 3 is 2.44 bits per heavy atom. The molecule has 0 aliphatic carbocycles. The highest BCUT2D eigenvalue weighted by Crippen LogP contribution is 2.29. The fourth-order valence-electron chi connectivity index (χ4n) is 2.37. The zero-order chi connectivity index (χ0) is 20.0. The molecule has 27 heavy (non-hydrogen) atoms. The normalized spacial score (nSPS) is 12.5. The molecule has 0 saturated heterocycles. The van der Waals surface area contributed by atoms with Crippen molar-refractivity contribution in [2.45, 2.75) is 0 Å². The molecule has 0 spiro atoms. The second-order valence-electron chi connectivity index (χ2n) is 5.71. The van der Waals surface area contributed by atoms with Crippen molar-refractivity contribution >= 4 is 27.6 Å². The molecular weight excluding hydrogens is 374 g/mol. The maximum absolute atomic E-state index is 13.5. The third kappa shape index (κ3) is 5.87.